The largest absolute Gasteiger partial charge is 0.326 e. The molecule has 0 saturated heterocycles. The van der Waals surface area contributed by atoms with Gasteiger partial charge in [-0.15, -0.1) is 0 Å². The molecule has 2 heterocycles. The van der Waals surface area contributed by atoms with Crippen molar-refractivity contribution in [1.82, 2.24) is 9.55 Å². The maximum Gasteiger partial charge on any atom is 0.326 e. The fourth-order valence-electron chi connectivity index (χ4n) is 3.66. The van der Waals surface area contributed by atoms with E-state index in [1.807, 2.05) is 12.1 Å². The van der Waals surface area contributed by atoms with Crippen molar-refractivity contribution in [3.05, 3.63) is 74.6 Å². The van der Waals surface area contributed by atoms with Crippen LogP contribution in [-0.2, 0) is 7.05 Å². The maximum absolute atomic E-state index is 13.1. The molecular weight excluding hydrogens is 410 g/mol. The highest BCUT2D eigenvalue weighted by Crippen LogP contribution is 2.36. The van der Waals surface area contributed by atoms with Gasteiger partial charge in [-0.1, -0.05) is 28.1 Å². The molecule has 4 aromatic rings. The van der Waals surface area contributed by atoms with Gasteiger partial charge in [0.25, 0.3) is 11.8 Å². The van der Waals surface area contributed by atoms with E-state index in [1.54, 1.807) is 43.4 Å². The zero-order chi connectivity index (χ0) is 18.9. The van der Waals surface area contributed by atoms with Gasteiger partial charge in [0.2, 0.25) is 0 Å². The van der Waals surface area contributed by atoms with Crippen molar-refractivity contribution in [1.29, 1.82) is 0 Å². The molecule has 1 aromatic heterocycles. The van der Waals surface area contributed by atoms with E-state index in [0.717, 1.165) is 14.8 Å². The highest BCUT2D eigenvalue weighted by Gasteiger charge is 2.34. The number of aromatic nitrogens is 2. The van der Waals surface area contributed by atoms with Gasteiger partial charge in [0.15, 0.2) is 0 Å². The summed E-state index contributed by atoms with van der Waals surface area (Å²) in [4.78, 5) is 42.0. The first kappa shape index (κ1) is 16.0. The molecule has 7 heteroatoms. The Morgan fingerprint density at radius 3 is 2.44 bits per heavy atom. The summed E-state index contributed by atoms with van der Waals surface area (Å²) in [5.41, 5.74) is 2.39. The Kier molecular flexibility index (Phi) is 3.21. The van der Waals surface area contributed by atoms with E-state index in [-0.39, 0.29) is 17.5 Å². The van der Waals surface area contributed by atoms with Crippen molar-refractivity contribution in [2.24, 2.45) is 7.05 Å². The Morgan fingerprint density at radius 1 is 0.926 bits per heavy atom. The van der Waals surface area contributed by atoms with Gasteiger partial charge in [-0.3, -0.25) is 14.2 Å². The van der Waals surface area contributed by atoms with Gasteiger partial charge in [-0.05, 0) is 41.8 Å². The normalized spacial score (nSPS) is 13.8. The lowest BCUT2D eigenvalue weighted by atomic mass is 9.93. The molecule has 132 valence electrons. The van der Waals surface area contributed by atoms with E-state index in [2.05, 4.69) is 20.9 Å². The van der Waals surface area contributed by atoms with Crippen LogP contribution in [0, 0.1) is 0 Å². The number of nitrogens with zero attached hydrogens (tertiary/aromatic N) is 2. The second-order valence-corrected chi connectivity index (χ2v) is 7.31. The fourth-order valence-corrected chi connectivity index (χ4v) is 4.12. The summed E-state index contributed by atoms with van der Waals surface area (Å²) >= 11 is 3.48. The van der Waals surface area contributed by atoms with Crippen molar-refractivity contribution in [2.75, 3.05) is 4.90 Å². The minimum Gasteiger partial charge on any atom is -0.305 e. The first-order chi connectivity index (χ1) is 13.0. The number of aromatic amines is 1. The minimum absolute atomic E-state index is 0.251. The summed E-state index contributed by atoms with van der Waals surface area (Å²) in [6.45, 7) is 0. The predicted molar refractivity (Wildman–Crippen MR) is 106 cm³/mol. The Bertz CT molecular complexity index is 1340. The van der Waals surface area contributed by atoms with Crippen LogP contribution in [0.4, 0.5) is 5.69 Å². The van der Waals surface area contributed by atoms with Gasteiger partial charge in [-0.2, -0.15) is 0 Å². The summed E-state index contributed by atoms with van der Waals surface area (Å²) in [5.74, 6) is -0.761. The highest BCUT2D eigenvalue weighted by atomic mass is 79.9. The zero-order valence-corrected chi connectivity index (χ0v) is 15.7. The fraction of sp³-hybridized carbons (Fsp3) is 0.0500. The number of anilines is 1. The molecule has 0 spiro atoms. The van der Waals surface area contributed by atoms with Crippen LogP contribution in [0.5, 0.6) is 0 Å². The molecule has 0 saturated carbocycles. The molecule has 2 amide bonds. The lowest BCUT2D eigenvalue weighted by molar-refractivity contribution is 0.0893. The van der Waals surface area contributed by atoms with Gasteiger partial charge in [0.1, 0.15) is 0 Å². The van der Waals surface area contributed by atoms with Crippen LogP contribution >= 0.6 is 15.9 Å². The number of carbonyl (C=O) groups is 2. The first-order valence-electron chi connectivity index (χ1n) is 8.26. The average Bonchev–Trinajstić information content (AvgIpc) is 2.94. The third-order valence-electron chi connectivity index (χ3n) is 5.00. The van der Waals surface area contributed by atoms with E-state index in [0.29, 0.717) is 33.2 Å². The molecule has 0 unspecified atom stereocenters. The number of aryl methyl sites for hydroxylation is 1. The Balaban J connectivity index is 1.75. The number of imidazole rings is 1. The number of H-pyrrole nitrogens is 1. The van der Waals surface area contributed by atoms with Crippen LogP contribution in [0.2, 0.25) is 0 Å². The van der Waals surface area contributed by atoms with E-state index in [4.69, 9.17) is 0 Å². The molecule has 0 aliphatic carbocycles. The number of carbonyl (C=O) groups excluding carboxylic acids is 2. The number of nitrogens with one attached hydrogen (secondary N) is 1. The van der Waals surface area contributed by atoms with Gasteiger partial charge in [-0.25, -0.2) is 9.69 Å². The monoisotopic (exact) mass is 421 g/mol. The van der Waals surface area contributed by atoms with Crippen molar-refractivity contribution in [2.45, 2.75) is 0 Å². The molecule has 1 aliphatic rings. The van der Waals surface area contributed by atoms with Crippen LogP contribution in [0.25, 0.3) is 21.8 Å². The molecule has 0 atom stereocenters. The second kappa shape index (κ2) is 5.40. The van der Waals surface area contributed by atoms with E-state index in [1.165, 1.54) is 4.57 Å². The van der Waals surface area contributed by atoms with E-state index < -0.39 is 0 Å². The van der Waals surface area contributed by atoms with E-state index in [9.17, 15) is 14.4 Å². The highest BCUT2D eigenvalue weighted by molar-refractivity contribution is 9.10. The summed E-state index contributed by atoms with van der Waals surface area (Å²) < 4.78 is 2.31. The van der Waals surface area contributed by atoms with Crippen LogP contribution in [-0.4, -0.2) is 21.4 Å². The maximum atomic E-state index is 13.1. The molecule has 1 aliphatic heterocycles. The molecular formula is C20H12BrN3O3. The van der Waals surface area contributed by atoms with Crippen LogP contribution in [0.15, 0.2) is 57.8 Å². The summed E-state index contributed by atoms with van der Waals surface area (Å²) in [6.07, 6.45) is 0. The molecule has 1 N–H and O–H groups in total. The van der Waals surface area contributed by atoms with Crippen LogP contribution < -0.4 is 10.6 Å². The average molecular weight is 422 g/mol. The Morgan fingerprint density at radius 2 is 1.67 bits per heavy atom. The smallest absolute Gasteiger partial charge is 0.305 e. The molecule has 0 radical (unpaired) electrons. The lowest BCUT2D eigenvalue weighted by Crippen LogP contribution is -2.40. The number of hydrogen-bond acceptors (Lipinski definition) is 3. The summed E-state index contributed by atoms with van der Waals surface area (Å²) in [6, 6.07) is 14.0. The molecule has 3 aromatic carbocycles. The van der Waals surface area contributed by atoms with Crippen molar-refractivity contribution in [3.63, 3.8) is 0 Å². The first-order valence-corrected chi connectivity index (χ1v) is 9.05. The van der Waals surface area contributed by atoms with Crippen molar-refractivity contribution < 1.29 is 9.59 Å². The molecule has 0 fully saturated rings. The standard InChI is InChI=1S/C20H12BrN3O3/c1-23-16-8-5-10(9-15(16)22-20(23)27)24-18(25)12-4-2-3-11-14(21)7-6-13(17(11)12)19(24)26/h2-9H,1H3,(H,22,27). The zero-order valence-electron chi connectivity index (χ0n) is 14.1. The Hall–Kier alpha value is -3.19. The van der Waals surface area contributed by atoms with Gasteiger partial charge < -0.3 is 4.98 Å². The number of rotatable bonds is 1. The predicted octanol–water partition coefficient (Wildman–Crippen LogP) is 3.58. The van der Waals surface area contributed by atoms with Crippen LogP contribution in [0.3, 0.4) is 0 Å². The third kappa shape index (κ3) is 2.09. The van der Waals surface area contributed by atoms with Crippen molar-refractivity contribution >= 4 is 55.2 Å². The topological polar surface area (TPSA) is 75.2 Å². The molecule has 0 bridgehead atoms. The minimum atomic E-state index is -0.381. The molecule has 6 nitrogen and oxygen atoms in total. The number of halogens is 1. The number of hydrogen-bond donors (Lipinski definition) is 1. The quantitative estimate of drug-likeness (QED) is 0.477. The number of amides is 2. The van der Waals surface area contributed by atoms with Gasteiger partial charge in [0, 0.05) is 28.0 Å². The van der Waals surface area contributed by atoms with Crippen LogP contribution in [0.1, 0.15) is 20.7 Å². The number of imide groups is 1. The number of benzene rings is 3. The molecule has 27 heavy (non-hydrogen) atoms. The number of fused-ring (bicyclic) bond motifs is 1. The lowest BCUT2D eigenvalue weighted by Gasteiger charge is -2.27. The summed E-state index contributed by atoms with van der Waals surface area (Å²) in [5, 5.41) is 1.49. The SMILES string of the molecule is Cn1c(=O)[nH]c2cc(N3C(=O)c4cccc5c(Br)ccc(c45)C3=O)ccc21. The Labute approximate surface area is 161 Å². The second-order valence-electron chi connectivity index (χ2n) is 6.46. The van der Waals surface area contributed by atoms with Crippen molar-refractivity contribution in [3.8, 4) is 0 Å². The molecule has 5 rings (SSSR count). The summed E-state index contributed by atoms with van der Waals surface area (Å²) in [7, 11) is 1.66. The van der Waals surface area contributed by atoms with Gasteiger partial charge in [0.05, 0.1) is 16.7 Å². The third-order valence-corrected chi connectivity index (χ3v) is 5.69. The van der Waals surface area contributed by atoms with E-state index >= 15 is 0 Å². The van der Waals surface area contributed by atoms with Gasteiger partial charge >= 0.3 is 5.69 Å².